The van der Waals surface area contributed by atoms with Crippen molar-refractivity contribution in [1.82, 2.24) is 0 Å². The molecule has 2 aromatic rings. The molecule has 3 nitrogen and oxygen atoms in total. The molecule has 0 saturated carbocycles. The topological polar surface area (TPSA) is 57.2 Å². The predicted molar refractivity (Wildman–Crippen MR) is 79.8 cm³/mol. The Morgan fingerprint density at radius 2 is 1.81 bits per heavy atom. The molecule has 21 heavy (non-hydrogen) atoms. The van der Waals surface area contributed by atoms with Crippen molar-refractivity contribution in [3.63, 3.8) is 0 Å². The van der Waals surface area contributed by atoms with Crippen LogP contribution in [0.25, 0.3) is 10.8 Å². The van der Waals surface area contributed by atoms with Crippen LogP contribution in [0, 0.1) is 0 Å². The third-order valence-corrected chi connectivity index (χ3v) is 4.39. The summed E-state index contributed by atoms with van der Waals surface area (Å²) in [4.78, 5) is -0.132. The van der Waals surface area contributed by atoms with Crippen molar-refractivity contribution < 1.29 is 64.4 Å². The van der Waals surface area contributed by atoms with E-state index in [2.05, 4.69) is 6.92 Å². The molecule has 5 heteroatoms. The van der Waals surface area contributed by atoms with Crippen LogP contribution in [0.3, 0.4) is 0 Å². The van der Waals surface area contributed by atoms with Gasteiger partial charge in [0.05, 0.1) is 4.90 Å². The van der Waals surface area contributed by atoms with Gasteiger partial charge >= 0.3 is 51.4 Å². The normalized spacial score (nSPS) is 11.3. The van der Waals surface area contributed by atoms with Gasteiger partial charge in [-0.2, -0.15) is 0 Å². The molecule has 0 aromatic heterocycles. The van der Waals surface area contributed by atoms with Gasteiger partial charge in [-0.05, 0) is 35.2 Å². The van der Waals surface area contributed by atoms with E-state index in [0.29, 0.717) is 5.39 Å². The fraction of sp³-hybridized carbons (Fsp3) is 0.375. The number of hydrogen-bond donors (Lipinski definition) is 0. The first-order chi connectivity index (χ1) is 9.52. The molecule has 0 aliphatic rings. The average molecular weight is 330 g/mol. The van der Waals surface area contributed by atoms with E-state index in [0.717, 1.165) is 18.2 Å². The van der Waals surface area contributed by atoms with Gasteiger partial charge in [-0.25, -0.2) is 8.42 Å². The molecule has 0 saturated heterocycles. The third-order valence-electron chi connectivity index (χ3n) is 3.49. The summed E-state index contributed by atoms with van der Waals surface area (Å²) >= 11 is 0. The third kappa shape index (κ3) is 5.43. The summed E-state index contributed by atoms with van der Waals surface area (Å²) < 4.78 is 33.7. The molecule has 0 fully saturated rings. The minimum absolute atomic E-state index is 0. The first-order valence-electron chi connectivity index (χ1n) is 7.00. The van der Waals surface area contributed by atoms with Gasteiger partial charge in [-0.3, -0.25) is 0 Å². The molecule has 2 rings (SSSR count). The van der Waals surface area contributed by atoms with Crippen LogP contribution in [0.1, 0.15) is 38.2 Å². The van der Waals surface area contributed by atoms with Crippen molar-refractivity contribution in [1.29, 1.82) is 0 Å². The van der Waals surface area contributed by atoms with E-state index in [9.17, 15) is 13.0 Å². The Hall–Kier alpha value is 0.246. The molecule has 0 unspecified atom stereocenters. The first kappa shape index (κ1) is 19.3. The summed E-state index contributed by atoms with van der Waals surface area (Å²) in [6.45, 7) is 2.18. The van der Waals surface area contributed by atoms with Crippen LogP contribution in [-0.2, 0) is 16.5 Å². The minimum atomic E-state index is -4.42. The maximum atomic E-state index is 11.2. The number of fused-ring (bicyclic) bond motifs is 1. The molecule has 0 atom stereocenters. The number of hydrogen-bond acceptors (Lipinski definition) is 3. The van der Waals surface area contributed by atoms with Crippen molar-refractivity contribution in [3.05, 3.63) is 42.0 Å². The molecule has 0 heterocycles. The van der Waals surface area contributed by atoms with Gasteiger partial charge in [-0.1, -0.05) is 56.5 Å². The van der Waals surface area contributed by atoms with Crippen LogP contribution in [-0.4, -0.2) is 13.0 Å². The zero-order valence-corrected chi connectivity index (χ0v) is 16.6. The van der Waals surface area contributed by atoms with E-state index in [1.165, 1.54) is 30.9 Å². The van der Waals surface area contributed by atoms with Crippen molar-refractivity contribution >= 4 is 20.9 Å². The van der Waals surface area contributed by atoms with E-state index in [4.69, 9.17) is 0 Å². The van der Waals surface area contributed by atoms with Crippen LogP contribution in [0.2, 0.25) is 0 Å². The zero-order chi connectivity index (χ0) is 14.6. The predicted octanol–water partition coefficient (Wildman–Crippen LogP) is 0.871. The van der Waals surface area contributed by atoms with Crippen LogP contribution in [0.4, 0.5) is 0 Å². The zero-order valence-electron chi connectivity index (χ0n) is 12.6. The second-order valence-corrected chi connectivity index (χ2v) is 6.42. The Morgan fingerprint density at radius 3 is 2.48 bits per heavy atom. The molecule has 0 radical (unpaired) electrons. The Labute approximate surface area is 169 Å². The van der Waals surface area contributed by atoms with E-state index >= 15 is 0 Å². The summed E-state index contributed by atoms with van der Waals surface area (Å²) in [5.74, 6) is 0. The molecule has 0 aliphatic heterocycles. The molecule has 0 aliphatic carbocycles. The summed E-state index contributed by atoms with van der Waals surface area (Å²) in [6, 6.07) is 10.5. The minimum Gasteiger partial charge on any atom is -0.744 e. The monoisotopic (exact) mass is 330 g/mol. The quantitative estimate of drug-likeness (QED) is 0.449. The second kappa shape index (κ2) is 8.77. The van der Waals surface area contributed by atoms with E-state index in [1.54, 1.807) is 12.1 Å². The van der Waals surface area contributed by atoms with Crippen molar-refractivity contribution in [2.45, 2.75) is 43.9 Å². The van der Waals surface area contributed by atoms with Gasteiger partial charge in [0, 0.05) is 0 Å². The molecule has 0 N–H and O–H groups in total. The van der Waals surface area contributed by atoms with Gasteiger partial charge in [-0.15, -0.1) is 0 Å². The summed E-state index contributed by atoms with van der Waals surface area (Å²) in [5.41, 5.74) is 1.19. The van der Waals surface area contributed by atoms with Crippen LogP contribution >= 0.6 is 0 Å². The van der Waals surface area contributed by atoms with Gasteiger partial charge in [0.1, 0.15) is 10.1 Å². The van der Waals surface area contributed by atoms with Crippen LogP contribution in [0.5, 0.6) is 0 Å². The Morgan fingerprint density at radius 1 is 1.05 bits per heavy atom. The Balaban J connectivity index is 0.00000220. The molecule has 0 amide bonds. The van der Waals surface area contributed by atoms with Crippen molar-refractivity contribution in [2.75, 3.05) is 0 Å². The molecule has 0 bridgehead atoms. The smallest absolute Gasteiger partial charge is 0.744 e. The van der Waals surface area contributed by atoms with Crippen LogP contribution in [0.15, 0.2) is 41.3 Å². The SMILES string of the molecule is CCCCCCc1ccc2c(S(=O)(=O)[O-])cccc2c1.[K+]. The van der Waals surface area contributed by atoms with Gasteiger partial charge in [0.15, 0.2) is 0 Å². The van der Waals surface area contributed by atoms with Gasteiger partial charge in [0.2, 0.25) is 0 Å². The van der Waals surface area contributed by atoms with Gasteiger partial charge < -0.3 is 4.55 Å². The number of rotatable bonds is 6. The molecular weight excluding hydrogens is 311 g/mol. The summed E-state index contributed by atoms with van der Waals surface area (Å²) in [7, 11) is -4.42. The number of aryl methyl sites for hydroxylation is 1. The summed E-state index contributed by atoms with van der Waals surface area (Å²) in [5, 5.41) is 1.33. The fourth-order valence-corrected chi connectivity index (χ4v) is 3.13. The average Bonchev–Trinajstić information content (AvgIpc) is 2.41. The number of unbranched alkanes of at least 4 members (excludes halogenated alkanes) is 3. The largest absolute Gasteiger partial charge is 1.00 e. The van der Waals surface area contributed by atoms with Crippen LogP contribution < -0.4 is 51.4 Å². The maximum absolute atomic E-state index is 11.2. The number of benzene rings is 2. The van der Waals surface area contributed by atoms with Crippen molar-refractivity contribution in [2.24, 2.45) is 0 Å². The Kier molecular flexibility index (Phi) is 8.06. The molecule has 108 valence electrons. The molecular formula is C16H19KO3S. The summed E-state index contributed by atoms with van der Waals surface area (Å²) in [6.07, 6.45) is 5.79. The Bertz CT molecular complexity index is 696. The van der Waals surface area contributed by atoms with E-state index in [1.807, 2.05) is 18.2 Å². The van der Waals surface area contributed by atoms with E-state index in [-0.39, 0.29) is 56.3 Å². The molecule has 2 aromatic carbocycles. The van der Waals surface area contributed by atoms with Gasteiger partial charge in [0.25, 0.3) is 0 Å². The van der Waals surface area contributed by atoms with E-state index < -0.39 is 10.1 Å². The second-order valence-electron chi connectivity index (χ2n) is 5.08. The fourth-order valence-electron chi connectivity index (χ4n) is 2.43. The first-order valence-corrected chi connectivity index (χ1v) is 8.41. The maximum Gasteiger partial charge on any atom is 1.00 e. The standard InChI is InChI=1S/C16H20O3S.K/c1-2-3-4-5-7-13-10-11-15-14(12-13)8-6-9-16(15)20(17,18)19;/h6,8-12H,2-5,7H2,1H3,(H,17,18,19);/q;+1/p-1. The van der Waals surface area contributed by atoms with Crippen molar-refractivity contribution in [3.8, 4) is 0 Å². The molecule has 0 spiro atoms.